The van der Waals surface area contributed by atoms with Crippen molar-refractivity contribution in [3.63, 3.8) is 0 Å². The lowest BCUT2D eigenvalue weighted by molar-refractivity contribution is 0.584. The van der Waals surface area contributed by atoms with E-state index in [2.05, 4.69) is 39.9 Å². The lowest BCUT2D eigenvalue weighted by atomic mass is 9.78. The first-order valence-electron chi connectivity index (χ1n) is 8.44. The second-order valence-electron chi connectivity index (χ2n) is 6.30. The van der Waals surface area contributed by atoms with E-state index in [0.29, 0.717) is 5.92 Å². The van der Waals surface area contributed by atoms with Gasteiger partial charge in [0.05, 0.1) is 0 Å². The minimum absolute atomic E-state index is 0. The zero-order chi connectivity index (χ0) is 16.9. The van der Waals surface area contributed by atoms with Crippen molar-refractivity contribution in [1.82, 2.24) is 10.6 Å². The number of rotatable bonds is 5. The average molecular weight is 453 g/mol. The van der Waals surface area contributed by atoms with E-state index in [4.69, 9.17) is 0 Å². The number of halogens is 2. The van der Waals surface area contributed by atoms with Crippen molar-refractivity contribution in [1.29, 1.82) is 0 Å². The van der Waals surface area contributed by atoms with Gasteiger partial charge in [-0.3, -0.25) is 4.99 Å². The van der Waals surface area contributed by atoms with E-state index in [1.54, 1.807) is 13.1 Å². The highest BCUT2D eigenvalue weighted by Gasteiger charge is 2.25. The van der Waals surface area contributed by atoms with Crippen molar-refractivity contribution < 1.29 is 4.39 Å². The van der Waals surface area contributed by atoms with Crippen molar-refractivity contribution in [3.8, 4) is 0 Å². The van der Waals surface area contributed by atoms with Crippen molar-refractivity contribution in [2.75, 3.05) is 20.1 Å². The molecule has 5 heteroatoms. The van der Waals surface area contributed by atoms with Crippen molar-refractivity contribution in [2.24, 2.45) is 4.99 Å². The Morgan fingerprint density at radius 1 is 1.20 bits per heavy atom. The Morgan fingerprint density at radius 3 is 2.72 bits per heavy atom. The van der Waals surface area contributed by atoms with Gasteiger partial charge in [-0.2, -0.15) is 0 Å². The molecule has 0 aliphatic heterocycles. The maximum atomic E-state index is 13.1. The number of aryl methyl sites for hydroxylation is 1. The summed E-state index contributed by atoms with van der Waals surface area (Å²) >= 11 is 0. The molecule has 3 rings (SSSR count). The Bertz CT molecular complexity index is 745. The van der Waals surface area contributed by atoms with E-state index in [-0.39, 0.29) is 29.8 Å². The molecule has 0 aromatic heterocycles. The molecule has 0 saturated carbocycles. The van der Waals surface area contributed by atoms with E-state index in [9.17, 15) is 4.39 Å². The Hall–Kier alpha value is -1.63. The fourth-order valence-corrected chi connectivity index (χ4v) is 3.24. The Morgan fingerprint density at radius 2 is 2.00 bits per heavy atom. The molecular weight excluding hydrogens is 428 g/mol. The van der Waals surface area contributed by atoms with Crippen molar-refractivity contribution in [2.45, 2.75) is 25.7 Å². The van der Waals surface area contributed by atoms with Gasteiger partial charge in [-0.05, 0) is 54.2 Å². The molecule has 1 atom stereocenters. The Labute approximate surface area is 166 Å². The molecule has 3 nitrogen and oxygen atoms in total. The third-order valence-corrected chi connectivity index (χ3v) is 4.69. The van der Waals surface area contributed by atoms with Crippen LogP contribution < -0.4 is 10.6 Å². The van der Waals surface area contributed by atoms with Crippen LogP contribution in [0.5, 0.6) is 0 Å². The molecule has 1 aliphatic carbocycles. The summed E-state index contributed by atoms with van der Waals surface area (Å²) in [7, 11) is 1.78. The number of benzene rings is 2. The minimum atomic E-state index is -0.178. The predicted molar refractivity (Wildman–Crippen MR) is 113 cm³/mol. The maximum Gasteiger partial charge on any atom is 0.191 e. The summed E-state index contributed by atoms with van der Waals surface area (Å²) < 4.78 is 13.1. The Balaban J connectivity index is 0.00000225. The van der Waals surface area contributed by atoms with Crippen molar-refractivity contribution >= 4 is 29.9 Å². The molecule has 0 radical (unpaired) electrons. The number of hydrogen-bond donors (Lipinski definition) is 2. The third-order valence-electron chi connectivity index (χ3n) is 4.69. The van der Waals surface area contributed by atoms with Crippen LogP contribution in [-0.2, 0) is 12.8 Å². The summed E-state index contributed by atoms with van der Waals surface area (Å²) in [6, 6.07) is 13.6. The smallest absolute Gasteiger partial charge is 0.191 e. The summed E-state index contributed by atoms with van der Waals surface area (Å²) in [6.07, 6.45) is 1.98. The summed E-state index contributed by atoms with van der Waals surface area (Å²) in [5, 5.41) is 6.73. The topological polar surface area (TPSA) is 36.4 Å². The SMILES string of the molecule is CN=C(NCCc1ccc(F)cc1C)NCC1Cc2ccccc21.I. The zero-order valence-corrected chi connectivity index (χ0v) is 17.0. The predicted octanol–water partition coefficient (Wildman–Crippen LogP) is 3.80. The van der Waals surface area contributed by atoms with Gasteiger partial charge in [-0.1, -0.05) is 30.3 Å². The highest BCUT2D eigenvalue weighted by Crippen LogP contribution is 2.33. The van der Waals surface area contributed by atoms with Gasteiger partial charge in [0.2, 0.25) is 0 Å². The monoisotopic (exact) mass is 453 g/mol. The van der Waals surface area contributed by atoms with E-state index in [1.165, 1.54) is 17.2 Å². The number of hydrogen-bond acceptors (Lipinski definition) is 1. The summed E-state index contributed by atoms with van der Waals surface area (Å²) in [5.41, 5.74) is 5.06. The van der Waals surface area contributed by atoms with Gasteiger partial charge in [0.1, 0.15) is 5.82 Å². The van der Waals surface area contributed by atoms with Crippen LogP contribution >= 0.6 is 24.0 Å². The third kappa shape index (κ3) is 4.93. The molecule has 1 unspecified atom stereocenters. The van der Waals surface area contributed by atoms with Crippen LogP contribution in [0.1, 0.15) is 28.2 Å². The molecule has 0 heterocycles. The number of nitrogens with one attached hydrogen (secondary N) is 2. The lowest BCUT2D eigenvalue weighted by Gasteiger charge is -2.30. The molecule has 25 heavy (non-hydrogen) atoms. The quantitative estimate of drug-likeness (QED) is 0.411. The second-order valence-corrected chi connectivity index (χ2v) is 6.30. The molecule has 0 bridgehead atoms. The van der Waals surface area contributed by atoms with Crippen molar-refractivity contribution in [3.05, 3.63) is 70.5 Å². The molecule has 0 amide bonds. The molecule has 0 saturated heterocycles. The van der Waals surface area contributed by atoms with Gasteiger partial charge in [0.25, 0.3) is 0 Å². The molecule has 0 fully saturated rings. The van der Waals surface area contributed by atoms with Gasteiger partial charge < -0.3 is 10.6 Å². The van der Waals surface area contributed by atoms with Crippen LogP contribution in [0, 0.1) is 12.7 Å². The van der Waals surface area contributed by atoms with Crippen LogP contribution in [0.2, 0.25) is 0 Å². The molecule has 2 N–H and O–H groups in total. The fraction of sp³-hybridized carbons (Fsp3) is 0.350. The first kappa shape index (κ1) is 19.7. The first-order valence-corrected chi connectivity index (χ1v) is 8.44. The van der Waals surface area contributed by atoms with Gasteiger partial charge in [-0.25, -0.2) is 4.39 Å². The zero-order valence-electron chi connectivity index (χ0n) is 14.7. The Kier molecular flexibility index (Phi) is 7.23. The molecule has 0 spiro atoms. The molecule has 1 aliphatic rings. The molecule has 2 aromatic carbocycles. The van der Waals surface area contributed by atoms with Crippen LogP contribution in [0.3, 0.4) is 0 Å². The highest BCUT2D eigenvalue weighted by atomic mass is 127. The molecular formula is C20H25FIN3. The van der Waals surface area contributed by atoms with E-state index >= 15 is 0 Å². The number of fused-ring (bicyclic) bond motifs is 1. The molecule has 134 valence electrons. The van der Waals surface area contributed by atoms with E-state index in [0.717, 1.165) is 43.0 Å². The van der Waals surface area contributed by atoms with Crippen LogP contribution in [0.15, 0.2) is 47.5 Å². The number of aliphatic imine (C=N–C) groups is 1. The van der Waals surface area contributed by atoms with Crippen LogP contribution in [0.25, 0.3) is 0 Å². The van der Waals surface area contributed by atoms with Gasteiger partial charge in [0.15, 0.2) is 5.96 Å². The number of nitrogens with zero attached hydrogens (tertiary/aromatic N) is 1. The summed E-state index contributed by atoms with van der Waals surface area (Å²) in [4.78, 5) is 4.28. The second kappa shape index (κ2) is 9.17. The fourth-order valence-electron chi connectivity index (χ4n) is 3.24. The minimum Gasteiger partial charge on any atom is -0.356 e. The van der Waals surface area contributed by atoms with Gasteiger partial charge in [0, 0.05) is 26.1 Å². The summed E-state index contributed by atoms with van der Waals surface area (Å²) in [6.45, 7) is 3.61. The highest BCUT2D eigenvalue weighted by molar-refractivity contribution is 14.0. The first-order chi connectivity index (χ1) is 11.7. The van der Waals surface area contributed by atoms with Crippen LogP contribution in [-0.4, -0.2) is 26.1 Å². The van der Waals surface area contributed by atoms with E-state index < -0.39 is 0 Å². The van der Waals surface area contributed by atoms with Gasteiger partial charge in [-0.15, -0.1) is 24.0 Å². The van der Waals surface area contributed by atoms with E-state index in [1.807, 2.05) is 13.0 Å². The van der Waals surface area contributed by atoms with Crippen LogP contribution in [0.4, 0.5) is 4.39 Å². The normalized spacial score (nSPS) is 15.6. The van der Waals surface area contributed by atoms with Gasteiger partial charge >= 0.3 is 0 Å². The standard InChI is InChI=1S/C20H24FN3.HI/c1-14-11-18(21)8-7-15(14)9-10-23-20(22-2)24-13-17-12-16-5-3-4-6-19(16)17;/h3-8,11,17H,9-10,12-13H2,1-2H3,(H2,22,23,24);1H. The summed E-state index contributed by atoms with van der Waals surface area (Å²) in [5.74, 6) is 1.21. The largest absolute Gasteiger partial charge is 0.356 e. The molecule has 2 aromatic rings. The lowest BCUT2D eigenvalue weighted by Crippen LogP contribution is -2.41. The number of guanidine groups is 1. The average Bonchev–Trinajstić information content (AvgIpc) is 2.56. The maximum absolute atomic E-state index is 13.1.